The van der Waals surface area contributed by atoms with Gasteiger partial charge in [0.25, 0.3) is 0 Å². The molecule has 1 saturated carbocycles. The predicted molar refractivity (Wildman–Crippen MR) is 53.4 cm³/mol. The van der Waals surface area contributed by atoms with E-state index >= 15 is 0 Å². The average Bonchev–Trinajstić information content (AvgIpc) is 2.95. The third kappa shape index (κ3) is 1.92. The van der Waals surface area contributed by atoms with Crippen LogP contribution in [0.15, 0.2) is 42.7 Å². The van der Waals surface area contributed by atoms with Crippen LogP contribution in [0.2, 0.25) is 0 Å². The van der Waals surface area contributed by atoms with Crippen molar-refractivity contribution in [1.82, 2.24) is 0 Å². The van der Waals surface area contributed by atoms with Crippen LogP contribution < -0.4 is 0 Å². The summed E-state index contributed by atoms with van der Waals surface area (Å²) >= 11 is 0. The molecule has 1 aromatic carbocycles. The second kappa shape index (κ2) is 3.65. The van der Waals surface area contributed by atoms with Gasteiger partial charge in [0, 0.05) is 0 Å². The fourth-order valence-corrected chi connectivity index (χ4v) is 1.69. The first-order chi connectivity index (χ1) is 6.42. The number of ether oxygens (including phenoxy) is 1. The molecule has 0 unspecified atom stereocenters. The van der Waals surface area contributed by atoms with E-state index in [0.717, 1.165) is 5.92 Å². The fourth-order valence-electron chi connectivity index (χ4n) is 1.69. The molecule has 0 aliphatic heterocycles. The first-order valence-corrected chi connectivity index (χ1v) is 4.66. The van der Waals surface area contributed by atoms with E-state index in [0.29, 0.717) is 5.92 Å². The highest BCUT2D eigenvalue weighted by molar-refractivity contribution is 5.27. The largest absolute Gasteiger partial charge is 0.505 e. The number of hydrogen-bond donors (Lipinski definition) is 0. The standard InChI is InChI=1S/C12H14O/c1-13-8-7-11-9-12(11)10-5-3-2-4-6-10/h2-8,11-12H,9H2,1H3/b8-7+/t11-,12+/m0/s1. The summed E-state index contributed by atoms with van der Waals surface area (Å²) in [6.07, 6.45) is 5.20. The molecule has 68 valence electrons. The molecule has 1 fully saturated rings. The lowest BCUT2D eigenvalue weighted by Gasteiger charge is -1.95. The van der Waals surface area contributed by atoms with Gasteiger partial charge in [-0.2, -0.15) is 0 Å². The van der Waals surface area contributed by atoms with Crippen LogP contribution in [0.1, 0.15) is 17.9 Å². The van der Waals surface area contributed by atoms with E-state index in [1.165, 1.54) is 12.0 Å². The Bertz CT molecular complexity index is 289. The third-order valence-corrected chi connectivity index (χ3v) is 2.53. The molecule has 2 atom stereocenters. The summed E-state index contributed by atoms with van der Waals surface area (Å²) in [5, 5.41) is 0. The van der Waals surface area contributed by atoms with Crippen molar-refractivity contribution in [3.8, 4) is 0 Å². The van der Waals surface area contributed by atoms with E-state index in [1.54, 1.807) is 13.4 Å². The minimum atomic E-state index is 0.697. The maximum Gasteiger partial charge on any atom is 0.0787 e. The van der Waals surface area contributed by atoms with Crippen molar-refractivity contribution in [1.29, 1.82) is 0 Å². The Morgan fingerprint density at radius 1 is 1.31 bits per heavy atom. The van der Waals surface area contributed by atoms with Crippen molar-refractivity contribution in [2.24, 2.45) is 5.92 Å². The second-order valence-corrected chi connectivity index (χ2v) is 3.48. The SMILES string of the molecule is CO/C=C/[C@H]1C[C@@H]1c1ccccc1. The fraction of sp³-hybridized carbons (Fsp3) is 0.333. The Morgan fingerprint density at radius 3 is 2.77 bits per heavy atom. The quantitative estimate of drug-likeness (QED) is 0.640. The molecule has 1 aliphatic rings. The van der Waals surface area contributed by atoms with Crippen molar-refractivity contribution in [3.05, 3.63) is 48.2 Å². The van der Waals surface area contributed by atoms with Gasteiger partial charge in [0.2, 0.25) is 0 Å². The van der Waals surface area contributed by atoms with E-state index in [9.17, 15) is 0 Å². The first-order valence-electron chi connectivity index (χ1n) is 4.66. The molecule has 0 heterocycles. The minimum Gasteiger partial charge on any atom is -0.505 e. The summed E-state index contributed by atoms with van der Waals surface area (Å²) in [6, 6.07) is 10.7. The molecular weight excluding hydrogens is 160 g/mol. The average molecular weight is 174 g/mol. The molecule has 0 radical (unpaired) electrons. The van der Waals surface area contributed by atoms with E-state index in [4.69, 9.17) is 4.74 Å². The molecule has 1 nitrogen and oxygen atoms in total. The molecule has 1 heteroatoms. The number of methoxy groups -OCH3 is 1. The monoisotopic (exact) mass is 174 g/mol. The summed E-state index contributed by atoms with van der Waals surface area (Å²) < 4.78 is 4.90. The smallest absolute Gasteiger partial charge is 0.0787 e. The van der Waals surface area contributed by atoms with Crippen molar-refractivity contribution in [2.75, 3.05) is 7.11 Å². The molecule has 0 N–H and O–H groups in total. The van der Waals surface area contributed by atoms with E-state index in [2.05, 4.69) is 36.4 Å². The van der Waals surface area contributed by atoms with Crippen LogP contribution in [0.5, 0.6) is 0 Å². The maximum atomic E-state index is 4.90. The molecule has 0 bridgehead atoms. The number of benzene rings is 1. The highest BCUT2D eigenvalue weighted by Gasteiger charge is 2.35. The van der Waals surface area contributed by atoms with Crippen molar-refractivity contribution >= 4 is 0 Å². The summed E-state index contributed by atoms with van der Waals surface area (Å²) in [5.74, 6) is 1.43. The van der Waals surface area contributed by atoms with E-state index in [1.807, 2.05) is 0 Å². The summed E-state index contributed by atoms with van der Waals surface area (Å²) in [6.45, 7) is 0. The van der Waals surface area contributed by atoms with Gasteiger partial charge < -0.3 is 4.74 Å². The van der Waals surface area contributed by atoms with Crippen molar-refractivity contribution in [2.45, 2.75) is 12.3 Å². The van der Waals surface area contributed by atoms with Gasteiger partial charge in [-0.25, -0.2) is 0 Å². The van der Waals surface area contributed by atoms with Crippen LogP contribution in [-0.4, -0.2) is 7.11 Å². The molecule has 0 spiro atoms. The zero-order valence-corrected chi connectivity index (χ0v) is 7.81. The number of allylic oxidation sites excluding steroid dienone is 1. The summed E-state index contributed by atoms with van der Waals surface area (Å²) in [5.41, 5.74) is 1.45. The van der Waals surface area contributed by atoms with Crippen LogP contribution >= 0.6 is 0 Å². The maximum absolute atomic E-state index is 4.90. The van der Waals surface area contributed by atoms with E-state index in [-0.39, 0.29) is 0 Å². The normalized spacial score (nSPS) is 26.2. The Kier molecular flexibility index (Phi) is 2.35. The molecular formula is C12H14O. The molecule has 13 heavy (non-hydrogen) atoms. The second-order valence-electron chi connectivity index (χ2n) is 3.48. The predicted octanol–water partition coefficient (Wildman–Crippen LogP) is 2.95. The summed E-state index contributed by atoms with van der Waals surface area (Å²) in [7, 11) is 1.69. The zero-order valence-electron chi connectivity index (χ0n) is 7.81. The van der Waals surface area contributed by atoms with Crippen LogP contribution in [0.3, 0.4) is 0 Å². The first kappa shape index (κ1) is 8.36. The Hall–Kier alpha value is -1.24. The van der Waals surface area contributed by atoms with Crippen LogP contribution in [-0.2, 0) is 4.74 Å². The highest BCUT2D eigenvalue weighted by atomic mass is 16.5. The summed E-state index contributed by atoms with van der Waals surface area (Å²) in [4.78, 5) is 0. The number of rotatable bonds is 3. The molecule has 0 amide bonds. The molecule has 2 rings (SSSR count). The minimum absolute atomic E-state index is 0.697. The van der Waals surface area contributed by atoms with Crippen LogP contribution in [0.25, 0.3) is 0 Å². The van der Waals surface area contributed by atoms with Crippen LogP contribution in [0.4, 0.5) is 0 Å². The topological polar surface area (TPSA) is 9.23 Å². The van der Waals surface area contributed by atoms with Crippen molar-refractivity contribution in [3.63, 3.8) is 0 Å². The van der Waals surface area contributed by atoms with Gasteiger partial charge in [0.05, 0.1) is 13.4 Å². The lowest BCUT2D eigenvalue weighted by atomic mass is 10.1. The van der Waals surface area contributed by atoms with Gasteiger partial charge in [-0.15, -0.1) is 0 Å². The lowest BCUT2D eigenvalue weighted by molar-refractivity contribution is 0.336. The molecule has 0 saturated heterocycles. The van der Waals surface area contributed by atoms with Crippen LogP contribution in [0, 0.1) is 5.92 Å². The van der Waals surface area contributed by atoms with Crippen molar-refractivity contribution < 1.29 is 4.74 Å². The van der Waals surface area contributed by atoms with Gasteiger partial charge in [-0.3, -0.25) is 0 Å². The Morgan fingerprint density at radius 2 is 2.08 bits per heavy atom. The highest BCUT2D eigenvalue weighted by Crippen LogP contribution is 2.48. The van der Waals surface area contributed by atoms with Gasteiger partial charge in [-0.1, -0.05) is 30.3 Å². The molecule has 0 aromatic heterocycles. The third-order valence-electron chi connectivity index (χ3n) is 2.53. The molecule has 1 aliphatic carbocycles. The number of hydrogen-bond acceptors (Lipinski definition) is 1. The van der Waals surface area contributed by atoms with Gasteiger partial charge in [0.15, 0.2) is 0 Å². The van der Waals surface area contributed by atoms with Gasteiger partial charge in [0.1, 0.15) is 0 Å². The molecule has 1 aromatic rings. The Balaban J connectivity index is 1.97. The Labute approximate surface area is 79.0 Å². The van der Waals surface area contributed by atoms with E-state index < -0.39 is 0 Å². The van der Waals surface area contributed by atoms with Gasteiger partial charge in [-0.05, 0) is 29.9 Å². The zero-order chi connectivity index (χ0) is 9.10. The van der Waals surface area contributed by atoms with Gasteiger partial charge >= 0.3 is 0 Å². The lowest BCUT2D eigenvalue weighted by Crippen LogP contribution is -1.79.